The van der Waals surface area contributed by atoms with Gasteiger partial charge in [-0.05, 0) is 78.2 Å². The largest absolute Gasteiger partial charge is 0.457 e. The number of fused-ring (bicyclic) bond motifs is 5. The molecule has 0 aromatic heterocycles. The summed E-state index contributed by atoms with van der Waals surface area (Å²) in [6, 6.07) is 19.3. The summed E-state index contributed by atoms with van der Waals surface area (Å²) in [5.74, 6) is -2.90. The summed E-state index contributed by atoms with van der Waals surface area (Å²) in [7, 11) is 0. The fourth-order valence-corrected chi connectivity index (χ4v) is 14.3. The summed E-state index contributed by atoms with van der Waals surface area (Å²) in [6.45, 7) is 8.95. The van der Waals surface area contributed by atoms with Gasteiger partial charge < -0.3 is 29.2 Å². The smallest absolute Gasteiger partial charge is 0.312 e. The molecule has 9 heteroatoms. The van der Waals surface area contributed by atoms with Gasteiger partial charge in [0, 0.05) is 23.2 Å². The quantitative estimate of drug-likeness (QED) is 0.233. The van der Waals surface area contributed by atoms with Gasteiger partial charge in [0.05, 0.1) is 44.2 Å². The highest BCUT2D eigenvalue weighted by molar-refractivity contribution is 5.93. The monoisotopic (exact) mass is 762 g/mol. The second-order valence-corrected chi connectivity index (χ2v) is 19.7. The number of carbonyl (C=O) groups is 3. The molecule has 8 aliphatic rings. The number of hydrogen-bond acceptors (Lipinski definition) is 9. The zero-order valence-electron chi connectivity index (χ0n) is 32.9. The maximum atomic E-state index is 15.0. The van der Waals surface area contributed by atoms with Gasteiger partial charge in [0.2, 0.25) is 5.79 Å². The van der Waals surface area contributed by atoms with Crippen LogP contribution in [0.3, 0.4) is 0 Å². The molecule has 10 rings (SSSR count). The van der Waals surface area contributed by atoms with E-state index >= 15 is 4.79 Å². The van der Waals surface area contributed by atoms with Crippen LogP contribution < -0.4 is 0 Å². The summed E-state index contributed by atoms with van der Waals surface area (Å²) < 4.78 is 24.8. The van der Waals surface area contributed by atoms with Crippen LogP contribution in [0.4, 0.5) is 0 Å². The van der Waals surface area contributed by atoms with Crippen molar-refractivity contribution in [1.29, 1.82) is 0 Å². The number of benzene rings is 2. The van der Waals surface area contributed by atoms with E-state index in [4.69, 9.17) is 18.9 Å². The van der Waals surface area contributed by atoms with Crippen LogP contribution in [0.2, 0.25) is 0 Å². The highest BCUT2D eigenvalue weighted by Crippen LogP contribution is 2.89. The van der Waals surface area contributed by atoms with E-state index in [-0.39, 0.29) is 71.3 Å². The zero-order chi connectivity index (χ0) is 39.1. The van der Waals surface area contributed by atoms with Gasteiger partial charge in [-0.2, -0.15) is 0 Å². The zero-order valence-corrected chi connectivity index (χ0v) is 32.9. The third-order valence-corrected chi connectivity index (χ3v) is 16.8. The lowest BCUT2D eigenvalue weighted by atomic mass is 9.38. The lowest BCUT2D eigenvalue weighted by Crippen LogP contribution is -2.68. The van der Waals surface area contributed by atoms with Gasteiger partial charge in [0.25, 0.3) is 0 Å². The Balaban J connectivity index is 0.884. The van der Waals surface area contributed by atoms with Crippen molar-refractivity contribution in [3.63, 3.8) is 0 Å². The Hall–Kier alpha value is -3.63. The Morgan fingerprint density at radius 3 is 2.46 bits per heavy atom. The standard InChI is InChI=1S/C47H54O9/c1-41(55-36(49)22-33(48)28-11-7-5-8-12-28)24-47(54-26-41)23-31(40(52)56-47)32-16-20-46-25-45(32,46)19-17-35-42(2)18-15-30-21-34(29-13-9-6-10-14-29)53-27-43(30,3)38(42)37(50)39(51)44(35,46)4/h5-15,17,19,31-35,37-38,48,50H,16,18,20-27H2,1-4H3/t31-,32-,33?,34-,35+,37-,38+,41+,42+,43-,44-,45?,46?,47-/m0/s1. The molecule has 296 valence electrons. The fourth-order valence-electron chi connectivity index (χ4n) is 14.3. The number of aliphatic hydroxyl groups excluding tert-OH is 2. The Labute approximate surface area is 328 Å². The number of esters is 2. The van der Waals surface area contributed by atoms with Crippen LogP contribution in [0.25, 0.3) is 0 Å². The molecule has 2 aromatic carbocycles. The van der Waals surface area contributed by atoms with Crippen LogP contribution in [-0.4, -0.2) is 58.6 Å². The third kappa shape index (κ3) is 4.77. The van der Waals surface area contributed by atoms with E-state index in [1.807, 2.05) is 36.4 Å². The van der Waals surface area contributed by atoms with Crippen LogP contribution in [0.1, 0.15) is 102 Å². The molecule has 56 heavy (non-hydrogen) atoms. The molecular formula is C47H54O9. The molecule has 3 heterocycles. The second kappa shape index (κ2) is 12.0. The summed E-state index contributed by atoms with van der Waals surface area (Å²) in [6.07, 6.45) is 9.24. The maximum Gasteiger partial charge on any atom is 0.312 e. The van der Waals surface area contributed by atoms with Gasteiger partial charge in [-0.1, -0.05) is 105 Å². The van der Waals surface area contributed by atoms with Crippen molar-refractivity contribution in [2.75, 3.05) is 13.2 Å². The first-order valence-electron chi connectivity index (χ1n) is 20.7. The van der Waals surface area contributed by atoms with E-state index in [9.17, 15) is 19.8 Å². The Bertz CT molecular complexity index is 2050. The number of ether oxygens (including phenoxy) is 4. The Kier molecular flexibility index (Phi) is 7.84. The van der Waals surface area contributed by atoms with E-state index < -0.39 is 46.3 Å². The first-order valence-corrected chi connectivity index (χ1v) is 20.7. The van der Waals surface area contributed by atoms with Gasteiger partial charge in [-0.15, -0.1) is 0 Å². The molecule has 0 radical (unpaired) electrons. The number of hydrogen-bond donors (Lipinski definition) is 2. The minimum Gasteiger partial charge on any atom is -0.457 e. The van der Waals surface area contributed by atoms with Gasteiger partial charge >= 0.3 is 11.9 Å². The predicted molar refractivity (Wildman–Crippen MR) is 204 cm³/mol. The van der Waals surface area contributed by atoms with Gasteiger partial charge in [0.15, 0.2) is 5.78 Å². The van der Waals surface area contributed by atoms with Gasteiger partial charge in [-0.25, -0.2) is 0 Å². The molecule has 3 aliphatic heterocycles. The molecule has 6 fully saturated rings. The maximum absolute atomic E-state index is 15.0. The minimum atomic E-state index is -1.20. The molecule has 1 spiro atoms. The third-order valence-electron chi connectivity index (χ3n) is 16.8. The molecule has 3 saturated heterocycles. The number of rotatable bonds is 6. The van der Waals surface area contributed by atoms with E-state index in [0.29, 0.717) is 18.6 Å². The fraction of sp³-hybridized carbons (Fsp3) is 0.596. The van der Waals surface area contributed by atoms with E-state index in [1.54, 1.807) is 19.1 Å². The lowest BCUT2D eigenvalue weighted by Gasteiger charge is -2.66. The van der Waals surface area contributed by atoms with Gasteiger partial charge in [-0.3, -0.25) is 14.4 Å². The predicted octanol–water partition coefficient (Wildman–Crippen LogP) is 7.13. The van der Waals surface area contributed by atoms with E-state index in [0.717, 1.165) is 37.7 Å². The first kappa shape index (κ1) is 36.7. The molecule has 2 N–H and O–H groups in total. The van der Waals surface area contributed by atoms with Crippen LogP contribution in [-0.2, 0) is 33.3 Å². The number of allylic oxidation sites excluding steroid dienone is 3. The second-order valence-electron chi connectivity index (χ2n) is 19.7. The number of carbonyl (C=O) groups excluding carboxylic acids is 3. The highest BCUT2D eigenvalue weighted by Gasteiger charge is 2.86. The lowest BCUT2D eigenvalue weighted by molar-refractivity contribution is -0.199. The van der Waals surface area contributed by atoms with Crippen molar-refractivity contribution in [1.82, 2.24) is 0 Å². The van der Waals surface area contributed by atoms with Crippen LogP contribution >= 0.6 is 0 Å². The van der Waals surface area contributed by atoms with E-state index in [2.05, 4.69) is 51.1 Å². The highest BCUT2D eigenvalue weighted by atomic mass is 16.7. The SMILES string of the molecule is C[C@]1(OC(=O)CC(O)c2ccccc2)CO[C@]2(C[C@@H]([C@@H]3CCC45CC34C=C[C@@H]3[C@@]4(C)CC=C6C[C@@H](c7ccccc7)OC[C@]6(C)[C@@H]4[C@H](O)C(=O)[C@]35C)C(=O)O2)C1. The summed E-state index contributed by atoms with van der Waals surface area (Å²) in [5, 5.41) is 23.0. The van der Waals surface area contributed by atoms with Crippen LogP contribution in [0, 0.1) is 50.7 Å². The minimum absolute atomic E-state index is 0.0325. The van der Waals surface area contributed by atoms with Crippen molar-refractivity contribution >= 4 is 17.7 Å². The summed E-state index contributed by atoms with van der Waals surface area (Å²) in [5.41, 5.74) is -0.254. The molecule has 2 aromatic rings. The van der Waals surface area contributed by atoms with Crippen molar-refractivity contribution in [3.8, 4) is 0 Å². The molecule has 3 unspecified atom stereocenters. The van der Waals surface area contributed by atoms with Crippen molar-refractivity contribution in [2.24, 2.45) is 50.7 Å². The van der Waals surface area contributed by atoms with Crippen molar-refractivity contribution in [2.45, 2.75) is 109 Å². The first-order chi connectivity index (χ1) is 26.6. The molecule has 0 amide bonds. The molecule has 0 bridgehead atoms. The average molecular weight is 763 g/mol. The van der Waals surface area contributed by atoms with Gasteiger partial charge in [0.1, 0.15) is 11.7 Å². The molecule has 5 aliphatic carbocycles. The number of aliphatic hydroxyl groups is 2. The molecule has 9 nitrogen and oxygen atoms in total. The van der Waals surface area contributed by atoms with Crippen molar-refractivity contribution < 1.29 is 43.5 Å². The number of ketones is 1. The molecule has 14 atom stereocenters. The van der Waals surface area contributed by atoms with Crippen LogP contribution in [0.15, 0.2) is 84.5 Å². The van der Waals surface area contributed by atoms with Crippen LogP contribution in [0.5, 0.6) is 0 Å². The topological polar surface area (TPSA) is 129 Å². The average Bonchev–Trinajstić information content (AvgIpc) is 3.38. The Morgan fingerprint density at radius 1 is 0.982 bits per heavy atom. The Morgan fingerprint density at radius 2 is 1.71 bits per heavy atom. The van der Waals surface area contributed by atoms with E-state index in [1.165, 1.54) is 5.57 Å². The molecular weight excluding hydrogens is 709 g/mol. The van der Waals surface area contributed by atoms with Crippen molar-refractivity contribution in [3.05, 3.63) is 95.6 Å². The molecule has 3 saturated carbocycles. The normalized spacial score (nSPS) is 47.5. The summed E-state index contributed by atoms with van der Waals surface area (Å²) >= 11 is 0. The summed E-state index contributed by atoms with van der Waals surface area (Å²) in [4.78, 5) is 41.9. The number of Topliss-reactive ketones (excluding diaryl/α,β-unsaturated/α-hetero) is 1.